The highest BCUT2D eigenvalue weighted by Crippen LogP contribution is 2.27. The van der Waals surface area contributed by atoms with Crippen molar-refractivity contribution in [2.24, 2.45) is 0 Å². The molecule has 0 spiro atoms. The van der Waals surface area contributed by atoms with Gasteiger partial charge in [0, 0.05) is 17.5 Å². The van der Waals surface area contributed by atoms with Crippen molar-refractivity contribution in [3.8, 4) is 17.0 Å². The number of nitrogens with zero attached hydrogens (tertiary/aromatic N) is 3. The third kappa shape index (κ3) is 5.65. The van der Waals surface area contributed by atoms with Crippen LogP contribution in [0.15, 0.2) is 66.0 Å². The zero-order valence-corrected chi connectivity index (χ0v) is 17.1. The SMILES string of the molecule is CN(C)CCCN(C(=O)COc1ccccc1)c1nc(-c2ccccc2)cs1. The van der Waals surface area contributed by atoms with E-state index >= 15 is 0 Å². The number of ether oxygens (including phenoxy) is 1. The molecule has 5 nitrogen and oxygen atoms in total. The highest BCUT2D eigenvalue weighted by molar-refractivity contribution is 7.14. The van der Waals surface area contributed by atoms with Gasteiger partial charge in [0.05, 0.1) is 5.69 Å². The van der Waals surface area contributed by atoms with Crippen LogP contribution >= 0.6 is 11.3 Å². The van der Waals surface area contributed by atoms with Crippen LogP contribution in [0.25, 0.3) is 11.3 Å². The zero-order chi connectivity index (χ0) is 19.8. The van der Waals surface area contributed by atoms with Gasteiger partial charge in [-0.25, -0.2) is 4.98 Å². The van der Waals surface area contributed by atoms with Crippen LogP contribution in [0.5, 0.6) is 5.75 Å². The van der Waals surface area contributed by atoms with Crippen LogP contribution in [0.3, 0.4) is 0 Å². The predicted molar refractivity (Wildman–Crippen MR) is 115 cm³/mol. The van der Waals surface area contributed by atoms with E-state index in [1.54, 1.807) is 4.90 Å². The first kappa shape index (κ1) is 20.0. The first-order valence-corrected chi connectivity index (χ1v) is 10.2. The number of hydrogen-bond acceptors (Lipinski definition) is 5. The Morgan fingerprint density at radius 1 is 1.00 bits per heavy atom. The number of rotatable bonds is 9. The summed E-state index contributed by atoms with van der Waals surface area (Å²) in [5, 5.41) is 2.70. The van der Waals surface area contributed by atoms with Gasteiger partial charge in [-0.05, 0) is 39.2 Å². The van der Waals surface area contributed by atoms with E-state index in [4.69, 9.17) is 9.72 Å². The molecule has 0 fully saturated rings. The summed E-state index contributed by atoms with van der Waals surface area (Å²) in [6.45, 7) is 1.50. The molecule has 1 aromatic heterocycles. The molecule has 0 aliphatic heterocycles. The Balaban J connectivity index is 1.72. The number of hydrogen-bond donors (Lipinski definition) is 0. The molecule has 1 heterocycles. The molecule has 0 saturated carbocycles. The van der Waals surface area contributed by atoms with Gasteiger partial charge in [0.25, 0.3) is 5.91 Å². The van der Waals surface area contributed by atoms with Crippen LogP contribution in [0.4, 0.5) is 5.13 Å². The normalized spacial score (nSPS) is 10.8. The van der Waals surface area contributed by atoms with Gasteiger partial charge in [0.2, 0.25) is 0 Å². The molecule has 28 heavy (non-hydrogen) atoms. The summed E-state index contributed by atoms with van der Waals surface area (Å²) in [5.41, 5.74) is 1.93. The Morgan fingerprint density at radius 2 is 1.68 bits per heavy atom. The van der Waals surface area contributed by atoms with E-state index in [9.17, 15) is 4.79 Å². The second kappa shape index (κ2) is 10.0. The summed E-state index contributed by atoms with van der Waals surface area (Å²) in [5.74, 6) is 0.602. The minimum absolute atomic E-state index is 0.00771. The van der Waals surface area contributed by atoms with Crippen LogP contribution in [-0.4, -0.2) is 49.6 Å². The monoisotopic (exact) mass is 395 g/mol. The van der Waals surface area contributed by atoms with Crippen molar-refractivity contribution < 1.29 is 9.53 Å². The largest absolute Gasteiger partial charge is 0.484 e. The van der Waals surface area contributed by atoms with Gasteiger partial charge in [-0.1, -0.05) is 48.5 Å². The maximum absolute atomic E-state index is 12.9. The topological polar surface area (TPSA) is 45.7 Å². The first-order chi connectivity index (χ1) is 13.6. The Hall–Kier alpha value is -2.70. The number of carbonyl (C=O) groups excluding carboxylic acids is 1. The molecule has 146 valence electrons. The Labute approximate surface area is 170 Å². The summed E-state index contributed by atoms with van der Waals surface area (Å²) >= 11 is 1.49. The Morgan fingerprint density at radius 3 is 2.36 bits per heavy atom. The molecule has 0 saturated heterocycles. The number of anilines is 1. The second-order valence-corrected chi connectivity index (χ2v) is 7.52. The van der Waals surface area contributed by atoms with E-state index in [0.717, 1.165) is 24.2 Å². The molecule has 0 bridgehead atoms. The van der Waals surface area contributed by atoms with Gasteiger partial charge >= 0.3 is 0 Å². The molecular formula is C22H25N3O2S. The Kier molecular flexibility index (Phi) is 7.17. The predicted octanol–water partition coefficient (Wildman–Crippen LogP) is 4.17. The van der Waals surface area contributed by atoms with Crippen LogP contribution in [-0.2, 0) is 4.79 Å². The lowest BCUT2D eigenvalue weighted by atomic mass is 10.2. The van der Waals surface area contributed by atoms with Crippen molar-refractivity contribution >= 4 is 22.4 Å². The molecule has 0 radical (unpaired) electrons. The number of thiazole rings is 1. The maximum atomic E-state index is 12.9. The summed E-state index contributed by atoms with van der Waals surface area (Å²) in [6.07, 6.45) is 0.865. The molecule has 6 heteroatoms. The van der Waals surface area contributed by atoms with Crippen molar-refractivity contribution in [2.45, 2.75) is 6.42 Å². The van der Waals surface area contributed by atoms with E-state index in [-0.39, 0.29) is 12.5 Å². The van der Waals surface area contributed by atoms with Crippen LogP contribution in [0.1, 0.15) is 6.42 Å². The lowest BCUT2D eigenvalue weighted by Gasteiger charge is -2.21. The molecule has 0 aliphatic rings. The lowest BCUT2D eigenvalue weighted by Crippen LogP contribution is -2.36. The summed E-state index contributed by atoms with van der Waals surface area (Å²) < 4.78 is 5.66. The summed E-state index contributed by atoms with van der Waals surface area (Å²) in [7, 11) is 4.06. The third-order valence-corrected chi connectivity index (χ3v) is 5.05. The summed E-state index contributed by atoms with van der Waals surface area (Å²) in [6, 6.07) is 19.4. The highest BCUT2D eigenvalue weighted by atomic mass is 32.1. The lowest BCUT2D eigenvalue weighted by molar-refractivity contribution is -0.120. The van der Waals surface area contributed by atoms with Crippen molar-refractivity contribution in [1.29, 1.82) is 0 Å². The highest BCUT2D eigenvalue weighted by Gasteiger charge is 2.20. The molecule has 3 aromatic rings. The molecule has 0 N–H and O–H groups in total. The minimum Gasteiger partial charge on any atom is -0.484 e. The van der Waals surface area contributed by atoms with E-state index < -0.39 is 0 Å². The van der Waals surface area contributed by atoms with Gasteiger partial charge in [-0.2, -0.15) is 0 Å². The quantitative estimate of drug-likeness (QED) is 0.545. The van der Waals surface area contributed by atoms with Crippen molar-refractivity contribution in [3.05, 3.63) is 66.0 Å². The molecule has 0 unspecified atom stereocenters. The molecule has 0 aliphatic carbocycles. The summed E-state index contributed by atoms with van der Waals surface area (Å²) in [4.78, 5) is 21.5. The van der Waals surface area contributed by atoms with E-state index in [1.807, 2.05) is 80.1 Å². The van der Waals surface area contributed by atoms with Crippen LogP contribution in [0, 0.1) is 0 Å². The van der Waals surface area contributed by atoms with Gasteiger partial charge in [0.1, 0.15) is 5.75 Å². The average Bonchev–Trinajstić information content (AvgIpc) is 3.20. The van der Waals surface area contributed by atoms with Gasteiger partial charge < -0.3 is 9.64 Å². The molecule has 0 atom stereocenters. The average molecular weight is 396 g/mol. The van der Waals surface area contributed by atoms with E-state index in [0.29, 0.717) is 17.4 Å². The number of carbonyl (C=O) groups is 1. The van der Waals surface area contributed by atoms with E-state index in [1.165, 1.54) is 11.3 Å². The number of benzene rings is 2. The zero-order valence-electron chi connectivity index (χ0n) is 16.2. The fourth-order valence-corrected chi connectivity index (χ4v) is 3.62. The number of para-hydroxylation sites is 1. The van der Waals surface area contributed by atoms with Gasteiger partial charge in [-0.15, -0.1) is 11.3 Å². The number of aromatic nitrogens is 1. The standard InChI is InChI=1S/C22H25N3O2S/c1-24(2)14-9-15-25(21(26)16-27-19-12-7-4-8-13-19)22-23-20(17-28-22)18-10-5-3-6-11-18/h3-8,10-13,17H,9,14-16H2,1-2H3. The number of amides is 1. The molecule has 2 aromatic carbocycles. The second-order valence-electron chi connectivity index (χ2n) is 6.69. The van der Waals surface area contributed by atoms with Gasteiger partial charge in [-0.3, -0.25) is 9.69 Å². The Bertz CT molecular complexity index is 866. The van der Waals surface area contributed by atoms with Crippen molar-refractivity contribution in [2.75, 3.05) is 38.7 Å². The fourth-order valence-electron chi connectivity index (χ4n) is 2.74. The molecular weight excluding hydrogens is 370 g/mol. The van der Waals surface area contributed by atoms with E-state index in [2.05, 4.69) is 4.90 Å². The fraction of sp³-hybridized carbons (Fsp3) is 0.273. The molecule has 1 amide bonds. The van der Waals surface area contributed by atoms with Crippen LogP contribution < -0.4 is 9.64 Å². The minimum atomic E-state index is -0.0865. The van der Waals surface area contributed by atoms with Gasteiger partial charge in [0.15, 0.2) is 11.7 Å². The third-order valence-electron chi connectivity index (χ3n) is 4.19. The first-order valence-electron chi connectivity index (χ1n) is 9.27. The van der Waals surface area contributed by atoms with Crippen LogP contribution in [0.2, 0.25) is 0 Å². The van der Waals surface area contributed by atoms with Crippen molar-refractivity contribution in [3.63, 3.8) is 0 Å². The smallest absolute Gasteiger partial charge is 0.266 e. The van der Waals surface area contributed by atoms with Crippen molar-refractivity contribution in [1.82, 2.24) is 9.88 Å². The molecule has 3 rings (SSSR count). The maximum Gasteiger partial charge on any atom is 0.266 e.